The minimum absolute atomic E-state index is 0.127. The summed E-state index contributed by atoms with van der Waals surface area (Å²) in [7, 11) is -0.00716. The molecule has 0 saturated carbocycles. The molecule has 1 rings (SSSR count). The molecular formula is C9H13NO6S. The first-order valence-electron chi connectivity index (χ1n) is 4.43. The van der Waals surface area contributed by atoms with Crippen molar-refractivity contribution >= 4 is 10.3 Å². The minimum Gasteiger partial charge on any atom is -0.496 e. The number of ether oxygens (including phenoxy) is 3. The topological polar surface area (TPSA) is 97.1 Å². The van der Waals surface area contributed by atoms with Crippen LogP contribution in [0, 0.1) is 0 Å². The van der Waals surface area contributed by atoms with Gasteiger partial charge in [0, 0.05) is 12.1 Å². The Balaban J connectivity index is 3.34. The number of methoxy groups -OCH3 is 3. The van der Waals surface area contributed by atoms with Crippen molar-refractivity contribution in [1.82, 2.24) is 0 Å². The van der Waals surface area contributed by atoms with Crippen LogP contribution in [0.15, 0.2) is 12.1 Å². The van der Waals surface area contributed by atoms with Crippen molar-refractivity contribution in [3.05, 3.63) is 12.1 Å². The van der Waals surface area contributed by atoms with Crippen LogP contribution in [-0.2, 0) is 10.3 Å². The Morgan fingerprint density at radius 3 is 1.76 bits per heavy atom. The SMILES string of the molecule is COc1cc(OC)c(OS(N)(=O)=O)c(OC)c1. The lowest BCUT2D eigenvalue weighted by atomic mass is 10.2. The number of nitrogens with two attached hydrogens (primary N) is 1. The van der Waals surface area contributed by atoms with Crippen LogP contribution >= 0.6 is 0 Å². The van der Waals surface area contributed by atoms with Gasteiger partial charge in [0.2, 0.25) is 5.75 Å². The molecule has 0 atom stereocenters. The van der Waals surface area contributed by atoms with Gasteiger partial charge in [0.1, 0.15) is 5.75 Å². The highest BCUT2D eigenvalue weighted by molar-refractivity contribution is 7.84. The summed E-state index contributed by atoms with van der Waals surface area (Å²) in [4.78, 5) is 0. The van der Waals surface area contributed by atoms with Crippen LogP contribution in [0.1, 0.15) is 0 Å². The summed E-state index contributed by atoms with van der Waals surface area (Å²) in [5.74, 6) is 0.573. The Bertz CT molecular complexity index is 473. The first kappa shape index (κ1) is 13.4. The molecule has 0 unspecified atom stereocenters. The van der Waals surface area contributed by atoms with E-state index >= 15 is 0 Å². The van der Waals surface area contributed by atoms with E-state index in [-0.39, 0.29) is 17.2 Å². The molecule has 0 saturated heterocycles. The van der Waals surface area contributed by atoms with Gasteiger partial charge in [-0.1, -0.05) is 0 Å². The standard InChI is InChI=1S/C9H13NO6S/c1-13-6-4-7(14-2)9(8(5-6)15-3)16-17(10,11)12/h4-5H,1-3H3,(H2,10,11,12). The fourth-order valence-electron chi connectivity index (χ4n) is 1.17. The van der Waals surface area contributed by atoms with E-state index in [1.165, 1.54) is 33.5 Å². The second kappa shape index (κ2) is 5.11. The van der Waals surface area contributed by atoms with E-state index in [0.29, 0.717) is 5.75 Å². The maximum atomic E-state index is 10.9. The molecule has 0 spiro atoms. The Kier molecular flexibility index (Phi) is 4.02. The van der Waals surface area contributed by atoms with Gasteiger partial charge < -0.3 is 18.4 Å². The van der Waals surface area contributed by atoms with Gasteiger partial charge in [0.25, 0.3) is 0 Å². The highest BCUT2D eigenvalue weighted by Gasteiger charge is 2.19. The first-order chi connectivity index (χ1) is 7.91. The van der Waals surface area contributed by atoms with Crippen LogP contribution in [0.5, 0.6) is 23.0 Å². The highest BCUT2D eigenvalue weighted by Crippen LogP contribution is 2.41. The molecule has 96 valence electrons. The molecule has 0 radical (unpaired) electrons. The first-order valence-corrected chi connectivity index (χ1v) is 5.90. The van der Waals surface area contributed by atoms with Gasteiger partial charge in [0.05, 0.1) is 21.3 Å². The summed E-state index contributed by atoms with van der Waals surface area (Å²) >= 11 is 0. The van der Waals surface area contributed by atoms with Gasteiger partial charge in [-0.2, -0.15) is 13.6 Å². The molecule has 17 heavy (non-hydrogen) atoms. The second-order valence-corrected chi connectivity index (χ2v) is 4.09. The molecule has 2 N–H and O–H groups in total. The van der Waals surface area contributed by atoms with Crippen molar-refractivity contribution in [3.63, 3.8) is 0 Å². The fourth-order valence-corrected chi connectivity index (χ4v) is 1.57. The predicted molar refractivity (Wildman–Crippen MR) is 59.8 cm³/mol. The van der Waals surface area contributed by atoms with Crippen molar-refractivity contribution in [2.75, 3.05) is 21.3 Å². The van der Waals surface area contributed by atoms with Crippen LogP contribution in [0.2, 0.25) is 0 Å². The van der Waals surface area contributed by atoms with Gasteiger partial charge in [0.15, 0.2) is 11.5 Å². The van der Waals surface area contributed by atoms with Crippen LogP contribution < -0.4 is 23.5 Å². The molecule has 0 fully saturated rings. The molecule has 0 aliphatic heterocycles. The van der Waals surface area contributed by atoms with E-state index in [2.05, 4.69) is 4.18 Å². The number of benzene rings is 1. The van der Waals surface area contributed by atoms with Crippen LogP contribution in [0.4, 0.5) is 0 Å². The molecule has 0 aliphatic carbocycles. The quantitative estimate of drug-likeness (QED) is 0.820. The maximum absolute atomic E-state index is 10.9. The van der Waals surface area contributed by atoms with Crippen LogP contribution in [0.3, 0.4) is 0 Å². The molecule has 0 aliphatic rings. The molecule has 0 bridgehead atoms. The van der Waals surface area contributed by atoms with Gasteiger partial charge in [-0.15, -0.1) is 0 Å². The molecule has 7 nitrogen and oxygen atoms in total. The maximum Gasteiger partial charge on any atom is 0.380 e. The molecule has 8 heteroatoms. The third-order valence-corrected chi connectivity index (χ3v) is 2.27. The number of hydrogen-bond donors (Lipinski definition) is 1. The summed E-state index contributed by atoms with van der Waals surface area (Å²) in [5, 5.41) is 4.79. The Labute approximate surface area is 99.3 Å². The Morgan fingerprint density at radius 2 is 1.47 bits per heavy atom. The summed E-state index contributed by atoms with van der Waals surface area (Å²) in [5.41, 5.74) is 0. The highest BCUT2D eigenvalue weighted by atomic mass is 32.2. The zero-order chi connectivity index (χ0) is 13.1. The lowest BCUT2D eigenvalue weighted by Gasteiger charge is -2.13. The molecule has 0 heterocycles. The van der Waals surface area contributed by atoms with E-state index in [1.807, 2.05) is 0 Å². The zero-order valence-electron chi connectivity index (χ0n) is 9.59. The van der Waals surface area contributed by atoms with Crippen LogP contribution in [0.25, 0.3) is 0 Å². The average molecular weight is 263 g/mol. The summed E-state index contributed by atoms with van der Waals surface area (Å²) in [6.45, 7) is 0. The summed E-state index contributed by atoms with van der Waals surface area (Å²) in [6, 6.07) is 2.89. The van der Waals surface area contributed by atoms with E-state index in [9.17, 15) is 8.42 Å². The van der Waals surface area contributed by atoms with Crippen molar-refractivity contribution < 1.29 is 26.8 Å². The van der Waals surface area contributed by atoms with E-state index < -0.39 is 10.3 Å². The van der Waals surface area contributed by atoms with Gasteiger partial charge in [-0.25, -0.2) is 0 Å². The van der Waals surface area contributed by atoms with E-state index in [1.54, 1.807) is 0 Å². The van der Waals surface area contributed by atoms with Crippen LogP contribution in [-0.4, -0.2) is 29.7 Å². The summed E-state index contributed by atoms with van der Waals surface area (Å²) < 4.78 is 41.3. The molecule has 1 aromatic carbocycles. The van der Waals surface area contributed by atoms with Crippen molar-refractivity contribution in [2.45, 2.75) is 0 Å². The van der Waals surface area contributed by atoms with Gasteiger partial charge >= 0.3 is 10.3 Å². The lowest BCUT2D eigenvalue weighted by molar-refractivity contribution is 0.350. The third-order valence-electron chi connectivity index (χ3n) is 1.87. The summed E-state index contributed by atoms with van der Waals surface area (Å²) in [6.07, 6.45) is 0. The monoisotopic (exact) mass is 263 g/mol. The van der Waals surface area contributed by atoms with E-state index in [4.69, 9.17) is 19.3 Å². The lowest BCUT2D eigenvalue weighted by Crippen LogP contribution is -2.19. The predicted octanol–water partition coefficient (Wildman–Crippen LogP) is 0.295. The van der Waals surface area contributed by atoms with Crippen molar-refractivity contribution in [1.29, 1.82) is 0 Å². The van der Waals surface area contributed by atoms with Gasteiger partial charge in [-0.3, -0.25) is 0 Å². The number of rotatable bonds is 5. The smallest absolute Gasteiger partial charge is 0.380 e. The Hall–Kier alpha value is -1.67. The Morgan fingerprint density at radius 1 is 1.00 bits per heavy atom. The third kappa shape index (κ3) is 3.40. The minimum atomic E-state index is -4.16. The van der Waals surface area contributed by atoms with Gasteiger partial charge in [-0.05, 0) is 0 Å². The molecule has 1 aromatic rings. The largest absolute Gasteiger partial charge is 0.496 e. The molecule has 0 amide bonds. The number of hydrogen-bond acceptors (Lipinski definition) is 6. The average Bonchev–Trinajstić information content (AvgIpc) is 2.27. The molecule has 0 aromatic heterocycles. The fraction of sp³-hybridized carbons (Fsp3) is 0.333. The van der Waals surface area contributed by atoms with E-state index in [0.717, 1.165) is 0 Å². The second-order valence-electron chi connectivity index (χ2n) is 2.94. The van der Waals surface area contributed by atoms with Crippen molar-refractivity contribution in [2.24, 2.45) is 5.14 Å². The zero-order valence-corrected chi connectivity index (χ0v) is 10.4. The normalized spacial score (nSPS) is 10.8. The van der Waals surface area contributed by atoms with Crippen molar-refractivity contribution in [3.8, 4) is 23.0 Å². The molecular weight excluding hydrogens is 250 g/mol.